The fraction of sp³-hybridized carbons (Fsp3) is 0.588. The van der Waals surface area contributed by atoms with E-state index in [1.54, 1.807) is 26.0 Å². The van der Waals surface area contributed by atoms with Crippen LogP contribution in [0.1, 0.15) is 26.7 Å². The van der Waals surface area contributed by atoms with Crippen LogP contribution in [0.5, 0.6) is 5.75 Å². The predicted octanol–water partition coefficient (Wildman–Crippen LogP) is 1.75. The minimum Gasteiger partial charge on any atom is -0.478 e. The summed E-state index contributed by atoms with van der Waals surface area (Å²) in [5.41, 5.74) is -1.27. The summed E-state index contributed by atoms with van der Waals surface area (Å²) in [7, 11) is 0. The third-order valence-corrected chi connectivity index (χ3v) is 3.70. The number of para-hydroxylation sites is 1. The van der Waals surface area contributed by atoms with Crippen LogP contribution in [0.2, 0.25) is 0 Å². The van der Waals surface area contributed by atoms with Gasteiger partial charge < -0.3 is 19.9 Å². The SMILES string of the molecule is CC(C)(O)C(Oc1ccccc1)C(=O)NCC1CCCOC1. The zero-order valence-electron chi connectivity index (χ0n) is 13.2. The summed E-state index contributed by atoms with van der Waals surface area (Å²) in [6.07, 6.45) is 1.11. The molecule has 5 heteroatoms. The number of hydrogen-bond donors (Lipinski definition) is 2. The Morgan fingerprint density at radius 3 is 2.77 bits per heavy atom. The molecule has 1 aliphatic rings. The molecular formula is C17H25NO4. The second-order valence-corrected chi connectivity index (χ2v) is 6.29. The van der Waals surface area contributed by atoms with Crippen molar-refractivity contribution in [2.75, 3.05) is 19.8 Å². The normalized spacial score (nSPS) is 20.2. The standard InChI is InChI=1S/C17H25NO4/c1-17(2,20)15(22-14-8-4-3-5-9-14)16(19)18-11-13-7-6-10-21-12-13/h3-5,8-9,13,15,20H,6-7,10-12H2,1-2H3,(H,18,19). The molecule has 5 nitrogen and oxygen atoms in total. The van der Waals surface area contributed by atoms with Gasteiger partial charge in [0.15, 0.2) is 0 Å². The molecule has 1 heterocycles. The van der Waals surface area contributed by atoms with Crippen LogP contribution in [-0.4, -0.2) is 42.5 Å². The van der Waals surface area contributed by atoms with Gasteiger partial charge in [-0.2, -0.15) is 0 Å². The monoisotopic (exact) mass is 307 g/mol. The second kappa shape index (κ2) is 7.61. The summed E-state index contributed by atoms with van der Waals surface area (Å²) in [6, 6.07) is 9.05. The number of carbonyl (C=O) groups excluding carboxylic acids is 1. The minimum atomic E-state index is -1.27. The van der Waals surface area contributed by atoms with Crippen LogP contribution in [-0.2, 0) is 9.53 Å². The minimum absolute atomic E-state index is 0.304. The molecule has 1 aromatic rings. The fourth-order valence-corrected chi connectivity index (χ4v) is 2.46. The van der Waals surface area contributed by atoms with Crippen LogP contribution >= 0.6 is 0 Å². The van der Waals surface area contributed by atoms with E-state index in [-0.39, 0.29) is 5.91 Å². The van der Waals surface area contributed by atoms with Gasteiger partial charge in [0, 0.05) is 13.2 Å². The quantitative estimate of drug-likeness (QED) is 0.840. The van der Waals surface area contributed by atoms with Crippen LogP contribution in [0, 0.1) is 5.92 Å². The zero-order chi connectivity index (χ0) is 16.0. The average molecular weight is 307 g/mol. The highest BCUT2D eigenvalue weighted by molar-refractivity contribution is 5.82. The molecular weight excluding hydrogens is 282 g/mol. The molecule has 2 rings (SSSR count). The molecule has 1 aliphatic heterocycles. The first-order chi connectivity index (χ1) is 10.5. The number of amides is 1. The van der Waals surface area contributed by atoms with E-state index >= 15 is 0 Å². The number of nitrogens with one attached hydrogen (secondary N) is 1. The molecule has 0 saturated carbocycles. The molecule has 2 atom stereocenters. The lowest BCUT2D eigenvalue weighted by molar-refractivity contribution is -0.139. The van der Waals surface area contributed by atoms with Gasteiger partial charge >= 0.3 is 0 Å². The largest absolute Gasteiger partial charge is 0.478 e. The fourth-order valence-electron chi connectivity index (χ4n) is 2.46. The van der Waals surface area contributed by atoms with Crippen molar-refractivity contribution in [2.45, 2.75) is 38.4 Å². The molecule has 0 bridgehead atoms. The third-order valence-electron chi connectivity index (χ3n) is 3.70. The summed E-state index contributed by atoms with van der Waals surface area (Å²) in [5, 5.41) is 13.1. The van der Waals surface area contributed by atoms with Crippen molar-refractivity contribution < 1.29 is 19.4 Å². The van der Waals surface area contributed by atoms with Crippen molar-refractivity contribution in [3.8, 4) is 5.75 Å². The van der Waals surface area contributed by atoms with Crippen LogP contribution in [0.25, 0.3) is 0 Å². The molecule has 1 fully saturated rings. The van der Waals surface area contributed by atoms with Gasteiger partial charge in [-0.3, -0.25) is 4.79 Å². The molecule has 1 saturated heterocycles. The van der Waals surface area contributed by atoms with E-state index in [0.29, 0.717) is 24.8 Å². The Morgan fingerprint density at radius 2 is 2.18 bits per heavy atom. The highest BCUT2D eigenvalue weighted by atomic mass is 16.5. The van der Waals surface area contributed by atoms with E-state index in [1.165, 1.54) is 0 Å². The van der Waals surface area contributed by atoms with Crippen molar-refractivity contribution in [1.29, 1.82) is 0 Å². The van der Waals surface area contributed by atoms with Crippen LogP contribution in [0.4, 0.5) is 0 Å². The van der Waals surface area contributed by atoms with Crippen molar-refractivity contribution in [2.24, 2.45) is 5.92 Å². The van der Waals surface area contributed by atoms with Crippen molar-refractivity contribution in [1.82, 2.24) is 5.32 Å². The smallest absolute Gasteiger partial charge is 0.264 e. The van der Waals surface area contributed by atoms with E-state index in [9.17, 15) is 9.90 Å². The lowest BCUT2D eigenvalue weighted by Crippen LogP contribution is -2.52. The molecule has 1 amide bonds. The van der Waals surface area contributed by atoms with E-state index in [2.05, 4.69) is 5.32 Å². The lowest BCUT2D eigenvalue weighted by Gasteiger charge is -2.30. The third kappa shape index (κ3) is 5.00. The Morgan fingerprint density at radius 1 is 1.45 bits per heavy atom. The molecule has 122 valence electrons. The van der Waals surface area contributed by atoms with Crippen LogP contribution in [0.15, 0.2) is 30.3 Å². The predicted molar refractivity (Wildman–Crippen MR) is 83.7 cm³/mol. The first-order valence-corrected chi connectivity index (χ1v) is 7.76. The average Bonchev–Trinajstić information content (AvgIpc) is 2.51. The number of aliphatic hydroxyl groups is 1. The summed E-state index contributed by atoms with van der Waals surface area (Å²) in [4.78, 5) is 12.4. The van der Waals surface area contributed by atoms with Gasteiger partial charge in [0.25, 0.3) is 5.91 Å². The number of carbonyl (C=O) groups is 1. The zero-order valence-corrected chi connectivity index (χ0v) is 13.2. The first kappa shape index (κ1) is 16.8. The molecule has 0 spiro atoms. The van der Waals surface area contributed by atoms with Gasteiger partial charge in [-0.15, -0.1) is 0 Å². The molecule has 1 aromatic carbocycles. The van der Waals surface area contributed by atoms with Gasteiger partial charge in [0.05, 0.1) is 6.61 Å². The summed E-state index contributed by atoms with van der Waals surface area (Å²) in [5.74, 6) is 0.588. The number of hydrogen-bond acceptors (Lipinski definition) is 4. The molecule has 0 aromatic heterocycles. The molecule has 0 aliphatic carbocycles. The van der Waals surface area contributed by atoms with Crippen LogP contribution in [0.3, 0.4) is 0 Å². The maximum atomic E-state index is 12.4. The Labute approximate surface area is 131 Å². The summed E-state index contributed by atoms with van der Waals surface area (Å²) in [6.45, 7) is 5.16. The Bertz CT molecular complexity index is 463. The topological polar surface area (TPSA) is 67.8 Å². The van der Waals surface area contributed by atoms with Gasteiger partial charge in [0.2, 0.25) is 6.10 Å². The van der Waals surface area contributed by atoms with E-state index in [4.69, 9.17) is 9.47 Å². The molecule has 22 heavy (non-hydrogen) atoms. The van der Waals surface area contributed by atoms with Crippen molar-refractivity contribution >= 4 is 5.91 Å². The lowest BCUT2D eigenvalue weighted by atomic mass is 9.99. The first-order valence-electron chi connectivity index (χ1n) is 7.76. The molecule has 2 N–H and O–H groups in total. The van der Waals surface area contributed by atoms with Gasteiger partial charge in [-0.1, -0.05) is 18.2 Å². The van der Waals surface area contributed by atoms with E-state index in [1.807, 2.05) is 18.2 Å². The van der Waals surface area contributed by atoms with Crippen molar-refractivity contribution in [3.05, 3.63) is 30.3 Å². The summed E-state index contributed by atoms with van der Waals surface area (Å²) < 4.78 is 11.1. The Kier molecular flexibility index (Phi) is 5.80. The van der Waals surface area contributed by atoms with Crippen molar-refractivity contribution in [3.63, 3.8) is 0 Å². The molecule has 0 radical (unpaired) electrons. The number of rotatable bonds is 6. The maximum Gasteiger partial charge on any atom is 0.264 e. The second-order valence-electron chi connectivity index (χ2n) is 6.29. The highest BCUT2D eigenvalue weighted by Gasteiger charge is 2.35. The van der Waals surface area contributed by atoms with E-state index in [0.717, 1.165) is 19.4 Å². The van der Waals surface area contributed by atoms with Gasteiger partial charge in [0.1, 0.15) is 11.4 Å². The van der Waals surface area contributed by atoms with Gasteiger partial charge in [-0.25, -0.2) is 0 Å². The highest BCUT2D eigenvalue weighted by Crippen LogP contribution is 2.19. The van der Waals surface area contributed by atoms with Crippen LogP contribution < -0.4 is 10.1 Å². The number of benzene rings is 1. The molecule has 2 unspecified atom stereocenters. The Balaban J connectivity index is 1.94. The van der Waals surface area contributed by atoms with Gasteiger partial charge in [-0.05, 0) is 44.7 Å². The Hall–Kier alpha value is -1.59. The number of ether oxygens (including phenoxy) is 2. The summed E-state index contributed by atoms with van der Waals surface area (Å²) >= 11 is 0. The van der Waals surface area contributed by atoms with E-state index < -0.39 is 11.7 Å². The maximum absolute atomic E-state index is 12.4.